The number of nitrogens with two attached hydrogens (primary N) is 1. The maximum absolute atomic E-state index is 13.2. The Labute approximate surface area is 89.1 Å². The van der Waals surface area contributed by atoms with E-state index in [1.165, 1.54) is 6.07 Å². The summed E-state index contributed by atoms with van der Waals surface area (Å²) in [5, 5.41) is 0. The molecule has 82 valence electrons. The lowest BCUT2D eigenvalue weighted by atomic mass is 10.2. The molecule has 1 heterocycles. The molecular weight excluding hydrogens is 213 g/mol. The molecule has 0 saturated heterocycles. The van der Waals surface area contributed by atoms with Crippen LogP contribution >= 0.6 is 0 Å². The van der Waals surface area contributed by atoms with Crippen LogP contribution in [0.1, 0.15) is 16.1 Å². The molecule has 0 fully saturated rings. The van der Waals surface area contributed by atoms with Gasteiger partial charge in [-0.1, -0.05) is 0 Å². The van der Waals surface area contributed by atoms with Gasteiger partial charge >= 0.3 is 0 Å². The Morgan fingerprint density at radius 3 is 2.81 bits per heavy atom. The van der Waals surface area contributed by atoms with E-state index in [2.05, 4.69) is 9.97 Å². The number of carbonyl (C=O) groups excluding carboxylic acids is 1. The van der Waals surface area contributed by atoms with Crippen LogP contribution in [0.4, 0.5) is 4.39 Å². The van der Waals surface area contributed by atoms with Crippen molar-refractivity contribution in [3.8, 4) is 0 Å². The third kappa shape index (κ3) is 1.54. The lowest BCUT2D eigenvalue weighted by Crippen LogP contribution is -2.25. The fraction of sp³-hybridized carbons (Fsp3) is 0.100. The Morgan fingerprint density at radius 2 is 2.19 bits per heavy atom. The van der Waals surface area contributed by atoms with Crippen molar-refractivity contribution in [2.75, 3.05) is 0 Å². The number of halogens is 1. The van der Waals surface area contributed by atoms with Crippen LogP contribution in [0.25, 0.3) is 11.0 Å². The zero-order valence-corrected chi connectivity index (χ0v) is 8.37. The molecule has 0 aliphatic carbocycles. The number of aromatic amines is 1. The predicted molar refractivity (Wildman–Crippen MR) is 55.6 cm³/mol. The molecule has 1 aromatic heterocycles. The molecule has 0 aliphatic rings. The summed E-state index contributed by atoms with van der Waals surface area (Å²) in [6.45, 7) is 1.56. The third-order valence-electron chi connectivity index (χ3n) is 2.21. The maximum Gasteiger partial charge on any atom is 0.280 e. The van der Waals surface area contributed by atoms with Gasteiger partial charge in [0.15, 0.2) is 5.69 Å². The number of amides is 1. The first-order valence-corrected chi connectivity index (χ1v) is 4.49. The molecule has 2 rings (SSSR count). The molecular formula is C10H8FN3O2. The highest BCUT2D eigenvalue weighted by Crippen LogP contribution is 2.13. The van der Waals surface area contributed by atoms with E-state index in [1.807, 2.05) is 0 Å². The number of aromatic nitrogens is 2. The maximum atomic E-state index is 13.2. The first-order chi connectivity index (χ1) is 7.49. The van der Waals surface area contributed by atoms with Gasteiger partial charge in [0.25, 0.3) is 11.5 Å². The smallest absolute Gasteiger partial charge is 0.280 e. The lowest BCUT2D eigenvalue weighted by Gasteiger charge is -2.01. The van der Waals surface area contributed by atoms with Crippen LogP contribution in [0.3, 0.4) is 0 Å². The quantitative estimate of drug-likeness (QED) is 0.733. The second kappa shape index (κ2) is 3.41. The van der Waals surface area contributed by atoms with Gasteiger partial charge in [0.05, 0.1) is 11.0 Å². The minimum absolute atomic E-state index is 0.191. The van der Waals surface area contributed by atoms with Crippen LogP contribution in [0.2, 0.25) is 0 Å². The number of fused-ring (bicyclic) bond motifs is 1. The van der Waals surface area contributed by atoms with Crippen molar-refractivity contribution in [3.63, 3.8) is 0 Å². The van der Waals surface area contributed by atoms with Crippen LogP contribution in [0.5, 0.6) is 0 Å². The number of nitrogens with one attached hydrogen (secondary N) is 1. The molecule has 2 aromatic rings. The molecule has 0 radical (unpaired) electrons. The second-order valence-corrected chi connectivity index (χ2v) is 3.40. The number of aryl methyl sites for hydroxylation is 1. The molecule has 0 bridgehead atoms. The number of hydrogen-bond donors (Lipinski definition) is 2. The van der Waals surface area contributed by atoms with Gasteiger partial charge in [0.2, 0.25) is 0 Å². The number of benzene rings is 1. The number of carbonyl (C=O) groups is 1. The molecule has 1 aromatic carbocycles. The largest absolute Gasteiger partial charge is 0.364 e. The average molecular weight is 221 g/mol. The molecule has 0 atom stereocenters. The molecule has 0 saturated carbocycles. The minimum Gasteiger partial charge on any atom is -0.364 e. The summed E-state index contributed by atoms with van der Waals surface area (Å²) >= 11 is 0. The summed E-state index contributed by atoms with van der Waals surface area (Å²) < 4.78 is 13.2. The van der Waals surface area contributed by atoms with Crippen molar-refractivity contribution in [2.45, 2.75) is 6.92 Å². The first-order valence-electron chi connectivity index (χ1n) is 4.49. The summed E-state index contributed by atoms with van der Waals surface area (Å²) in [6, 6.07) is 2.59. The number of H-pyrrole nitrogens is 1. The van der Waals surface area contributed by atoms with E-state index in [1.54, 1.807) is 6.92 Å². The Bertz CT molecular complexity index is 648. The molecule has 1 amide bonds. The van der Waals surface area contributed by atoms with Crippen LogP contribution < -0.4 is 11.3 Å². The normalized spacial score (nSPS) is 10.6. The Morgan fingerprint density at radius 1 is 1.50 bits per heavy atom. The van der Waals surface area contributed by atoms with Crippen molar-refractivity contribution in [2.24, 2.45) is 5.73 Å². The van der Waals surface area contributed by atoms with E-state index in [-0.39, 0.29) is 5.52 Å². The molecule has 16 heavy (non-hydrogen) atoms. The molecule has 0 spiro atoms. The monoisotopic (exact) mass is 221 g/mol. The summed E-state index contributed by atoms with van der Waals surface area (Å²) in [5.74, 6) is -1.40. The molecule has 5 nitrogen and oxygen atoms in total. The van der Waals surface area contributed by atoms with Gasteiger partial charge in [-0.3, -0.25) is 9.59 Å². The van der Waals surface area contributed by atoms with Gasteiger partial charge in [-0.25, -0.2) is 9.37 Å². The SMILES string of the molecule is Cc1cc2[nH]c(=O)c(C(N)=O)nc2cc1F. The number of primary amides is 1. The molecule has 0 aliphatic heterocycles. The van der Waals surface area contributed by atoms with E-state index >= 15 is 0 Å². The molecule has 6 heteroatoms. The van der Waals surface area contributed by atoms with Crippen LogP contribution in [0, 0.1) is 12.7 Å². The van der Waals surface area contributed by atoms with Gasteiger partial charge < -0.3 is 10.7 Å². The van der Waals surface area contributed by atoms with Crippen LogP contribution in [-0.2, 0) is 0 Å². The van der Waals surface area contributed by atoms with Gasteiger partial charge in [0, 0.05) is 6.07 Å². The van der Waals surface area contributed by atoms with Crippen molar-refractivity contribution in [1.29, 1.82) is 0 Å². The topological polar surface area (TPSA) is 88.8 Å². The van der Waals surface area contributed by atoms with E-state index < -0.39 is 23.0 Å². The highest BCUT2D eigenvalue weighted by molar-refractivity contribution is 5.92. The fourth-order valence-electron chi connectivity index (χ4n) is 1.38. The minimum atomic E-state index is -0.941. The Kier molecular flexibility index (Phi) is 2.19. The average Bonchev–Trinajstić information content (AvgIpc) is 2.19. The Balaban J connectivity index is 2.85. The van der Waals surface area contributed by atoms with Crippen LogP contribution in [-0.4, -0.2) is 15.9 Å². The van der Waals surface area contributed by atoms with E-state index in [9.17, 15) is 14.0 Å². The van der Waals surface area contributed by atoms with Gasteiger partial charge in [-0.2, -0.15) is 0 Å². The first kappa shape index (κ1) is 10.3. The number of hydrogen-bond acceptors (Lipinski definition) is 3. The van der Waals surface area contributed by atoms with Crippen LogP contribution in [0.15, 0.2) is 16.9 Å². The summed E-state index contributed by atoms with van der Waals surface area (Å²) in [5.41, 5.74) is 4.81. The highest BCUT2D eigenvalue weighted by atomic mass is 19.1. The Hall–Kier alpha value is -2.24. The highest BCUT2D eigenvalue weighted by Gasteiger charge is 2.11. The van der Waals surface area contributed by atoms with E-state index in [4.69, 9.17) is 5.73 Å². The van der Waals surface area contributed by atoms with E-state index in [0.717, 1.165) is 6.07 Å². The number of rotatable bonds is 1. The van der Waals surface area contributed by atoms with Crippen molar-refractivity contribution < 1.29 is 9.18 Å². The third-order valence-corrected chi connectivity index (χ3v) is 2.21. The van der Waals surface area contributed by atoms with Gasteiger partial charge in [-0.15, -0.1) is 0 Å². The summed E-state index contributed by atoms with van der Waals surface area (Å²) in [4.78, 5) is 28.4. The molecule has 3 N–H and O–H groups in total. The fourth-order valence-corrected chi connectivity index (χ4v) is 1.38. The zero-order valence-electron chi connectivity index (χ0n) is 8.37. The summed E-state index contributed by atoms with van der Waals surface area (Å²) in [7, 11) is 0. The number of nitrogens with zero attached hydrogens (tertiary/aromatic N) is 1. The second-order valence-electron chi connectivity index (χ2n) is 3.40. The standard InChI is InChI=1S/C10H8FN3O2/c1-4-2-6-7(3-5(4)11)13-8(9(12)15)10(16)14-6/h2-3H,1H3,(H2,12,15)(H,14,16). The van der Waals surface area contributed by atoms with Crippen molar-refractivity contribution >= 4 is 16.9 Å². The zero-order chi connectivity index (χ0) is 11.9. The summed E-state index contributed by atoms with van der Waals surface area (Å²) in [6.07, 6.45) is 0. The van der Waals surface area contributed by atoms with E-state index in [0.29, 0.717) is 11.1 Å². The van der Waals surface area contributed by atoms with Crippen molar-refractivity contribution in [1.82, 2.24) is 9.97 Å². The van der Waals surface area contributed by atoms with Gasteiger partial charge in [0.1, 0.15) is 5.82 Å². The van der Waals surface area contributed by atoms with Gasteiger partial charge in [-0.05, 0) is 18.6 Å². The predicted octanol–water partition coefficient (Wildman–Crippen LogP) is 0.470. The molecule has 0 unspecified atom stereocenters. The van der Waals surface area contributed by atoms with Crippen molar-refractivity contribution in [3.05, 3.63) is 39.6 Å². The lowest BCUT2D eigenvalue weighted by molar-refractivity contribution is 0.0994.